The minimum Gasteiger partial charge on any atom is -0.371 e. The Hall–Kier alpha value is -4.04. The number of carbonyl (C=O) groups is 2. The lowest BCUT2D eigenvalue weighted by molar-refractivity contribution is -0.114. The lowest BCUT2D eigenvalue weighted by Crippen LogP contribution is -2.32. The van der Waals surface area contributed by atoms with Gasteiger partial charge >= 0.3 is 0 Å². The van der Waals surface area contributed by atoms with Crippen LogP contribution in [-0.2, 0) is 28.9 Å². The zero-order chi connectivity index (χ0) is 24.2. The lowest BCUT2D eigenvalue weighted by atomic mass is 9.97. The largest absolute Gasteiger partial charge is 0.371 e. The molecule has 2 aromatic heterocycles. The first-order valence-corrected chi connectivity index (χ1v) is 11.7. The summed E-state index contributed by atoms with van der Waals surface area (Å²) in [6.45, 7) is 3.09. The van der Waals surface area contributed by atoms with Gasteiger partial charge in [0.1, 0.15) is 6.10 Å². The minimum atomic E-state index is -0.242. The minimum absolute atomic E-state index is 0.187. The van der Waals surface area contributed by atoms with Crippen molar-refractivity contribution in [2.45, 2.75) is 32.4 Å². The van der Waals surface area contributed by atoms with Crippen LogP contribution in [0.2, 0.25) is 0 Å². The van der Waals surface area contributed by atoms with Crippen molar-refractivity contribution in [3.63, 3.8) is 0 Å². The molecule has 1 aliphatic rings. The fourth-order valence-corrected chi connectivity index (χ4v) is 4.51. The standard InChI is InChI=1S/C27H27N5O3/c1-18(33)31-24-15-20(27(34)29-16-25-22-8-3-2-6-19(22)10-13-35-25)14-23-26(24)32(17-30-23)12-9-21-7-4-5-11-28-21/h2-8,11,14-15,17,25H,9-10,12-13,16H2,1H3,(H,29,34)(H,31,33). The van der Waals surface area contributed by atoms with E-state index in [-0.39, 0.29) is 17.9 Å². The molecule has 0 fully saturated rings. The Bertz CT molecular complexity index is 1370. The first-order valence-electron chi connectivity index (χ1n) is 11.7. The Labute approximate surface area is 203 Å². The second-order valence-electron chi connectivity index (χ2n) is 8.60. The molecule has 2 N–H and O–H groups in total. The van der Waals surface area contributed by atoms with E-state index in [1.165, 1.54) is 12.5 Å². The van der Waals surface area contributed by atoms with Crippen molar-refractivity contribution in [3.05, 3.63) is 89.5 Å². The average molecular weight is 470 g/mol. The van der Waals surface area contributed by atoms with Crippen molar-refractivity contribution < 1.29 is 14.3 Å². The highest BCUT2D eigenvalue weighted by Gasteiger charge is 2.22. The summed E-state index contributed by atoms with van der Waals surface area (Å²) in [4.78, 5) is 33.9. The zero-order valence-electron chi connectivity index (χ0n) is 19.5. The van der Waals surface area contributed by atoms with Gasteiger partial charge in [-0.25, -0.2) is 4.98 Å². The van der Waals surface area contributed by atoms with E-state index in [0.29, 0.717) is 36.5 Å². The summed E-state index contributed by atoms with van der Waals surface area (Å²) in [5, 5.41) is 5.85. The van der Waals surface area contributed by atoms with E-state index in [4.69, 9.17) is 4.74 Å². The van der Waals surface area contributed by atoms with Crippen molar-refractivity contribution in [2.24, 2.45) is 0 Å². The van der Waals surface area contributed by atoms with Gasteiger partial charge in [0, 0.05) is 43.9 Å². The Morgan fingerprint density at radius 1 is 1.11 bits per heavy atom. The van der Waals surface area contributed by atoms with Crippen LogP contribution in [0.4, 0.5) is 5.69 Å². The molecule has 5 rings (SSSR count). The molecule has 8 heteroatoms. The third-order valence-electron chi connectivity index (χ3n) is 6.16. The zero-order valence-corrected chi connectivity index (χ0v) is 19.5. The van der Waals surface area contributed by atoms with E-state index < -0.39 is 0 Å². The van der Waals surface area contributed by atoms with Gasteiger partial charge in [-0.1, -0.05) is 30.3 Å². The Balaban J connectivity index is 1.36. The molecule has 3 heterocycles. The summed E-state index contributed by atoms with van der Waals surface area (Å²) >= 11 is 0. The van der Waals surface area contributed by atoms with Crippen molar-refractivity contribution >= 4 is 28.5 Å². The van der Waals surface area contributed by atoms with Crippen molar-refractivity contribution in [3.8, 4) is 0 Å². The fraction of sp³-hybridized carbons (Fsp3) is 0.259. The number of benzene rings is 2. The van der Waals surface area contributed by atoms with E-state index in [1.807, 2.05) is 41.0 Å². The van der Waals surface area contributed by atoms with Crippen LogP contribution in [0.3, 0.4) is 0 Å². The smallest absolute Gasteiger partial charge is 0.251 e. The Kier molecular flexibility index (Phi) is 6.54. The highest BCUT2D eigenvalue weighted by molar-refractivity contribution is 6.05. The molecule has 0 spiro atoms. The van der Waals surface area contributed by atoms with Crippen molar-refractivity contribution in [1.82, 2.24) is 19.9 Å². The Morgan fingerprint density at radius 3 is 2.80 bits per heavy atom. The van der Waals surface area contributed by atoms with Gasteiger partial charge in [-0.3, -0.25) is 14.6 Å². The van der Waals surface area contributed by atoms with Gasteiger partial charge in [0.2, 0.25) is 5.91 Å². The summed E-state index contributed by atoms with van der Waals surface area (Å²) in [6.07, 6.45) is 4.91. The van der Waals surface area contributed by atoms with Gasteiger partial charge in [0.15, 0.2) is 0 Å². The van der Waals surface area contributed by atoms with E-state index in [1.54, 1.807) is 24.7 Å². The quantitative estimate of drug-likeness (QED) is 0.430. The number of aryl methyl sites for hydroxylation is 2. The maximum Gasteiger partial charge on any atom is 0.251 e. The molecular weight excluding hydrogens is 442 g/mol. The van der Waals surface area contributed by atoms with Crippen LogP contribution in [0, 0.1) is 0 Å². The number of hydrogen-bond donors (Lipinski definition) is 2. The Morgan fingerprint density at radius 2 is 1.97 bits per heavy atom. The maximum atomic E-state index is 13.1. The number of imidazole rings is 1. The molecule has 8 nitrogen and oxygen atoms in total. The number of aromatic nitrogens is 3. The van der Waals surface area contributed by atoms with Gasteiger partial charge < -0.3 is 19.9 Å². The van der Waals surface area contributed by atoms with Gasteiger partial charge in [-0.15, -0.1) is 0 Å². The lowest BCUT2D eigenvalue weighted by Gasteiger charge is -2.26. The average Bonchev–Trinajstić information content (AvgIpc) is 3.29. The first kappa shape index (κ1) is 22.7. The summed E-state index contributed by atoms with van der Waals surface area (Å²) in [5.74, 6) is -0.457. The van der Waals surface area contributed by atoms with E-state index in [0.717, 1.165) is 29.6 Å². The molecule has 0 radical (unpaired) electrons. The third-order valence-corrected chi connectivity index (χ3v) is 6.16. The van der Waals surface area contributed by atoms with Gasteiger partial charge in [0.25, 0.3) is 5.91 Å². The number of hydrogen-bond acceptors (Lipinski definition) is 5. The number of anilines is 1. The summed E-state index contributed by atoms with van der Waals surface area (Å²) in [6, 6.07) is 17.4. The summed E-state index contributed by atoms with van der Waals surface area (Å²) in [5.41, 5.74) is 5.73. The number of fused-ring (bicyclic) bond motifs is 2. The number of amides is 2. The first-order chi connectivity index (χ1) is 17.1. The number of ether oxygens (including phenoxy) is 1. The van der Waals surface area contributed by atoms with Crippen LogP contribution in [0.1, 0.15) is 40.2 Å². The number of nitrogens with one attached hydrogen (secondary N) is 2. The van der Waals surface area contributed by atoms with Gasteiger partial charge in [0.05, 0.1) is 29.7 Å². The van der Waals surface area contributed by atoms with Crippen LogP contribution < -0.4 is 10.6 Å². The molecule has 1 atom stereocenters. The van der Waals surface area contributed by atoms with Crippen LogP contribution in [-0.4, -0.2) is 39.5 Å². The van der Waals surface area contributed by atoms with Crippen molar-refractivity contribution in [2.75, 3.05) is 18.5 Å². The molecule has 2 aromatic carbocycles. The number of pyridine rings is 1. The van der Waals surface area contributed by atoms with Gasteiger partial charge in [-0.2, -0.15) is 0 Å². The van der Waals surface area contributed by atoms with Crippen molar-refractivity contribution in [1.29, 1.82) is 0 Å². The number of nitrogens with zero attached hydrogens (tertiary/aromatic N) is 3. The van der Waals surface area contributed by atoms with Crippen LogP contribution in [0.5, 0.6) is 0 Å². The molecule has 178 valence electrons. The molecule has 0 saturated carbocycles. The molecule has 0 saturated heterocycles. The second-order valence-corrected chi connectivity index (χ2v) is 8.60. The van der Waals surface area contributed by atoms with Gasteiger partial charge in [-0.05, 0) is 41.8 Å². The van der Waals surface area contributed by atoms with E-state index >= 15 is 0 Å². The van der Waals surface area contributed by atoms with E-state index in [2.05, 4.69) is 26.7 Å². The predicted molar refractivity (Wildman–Crippen MR) is 133 cm³/mol. The predicted octanol–water partition coefficient (Wildman–Crippen LogP) is 3.68. The van der Waals surface area contributed by atoms with Crippen LogP contribution in [0.25, 0.3) is 11.0 Å². The molecule has 1 unspecified atom stereocenters. The molecule has 0 bridgehead atoms. The molecule has 35 heavy (non-hydrogen) atoms. The molecule has 2 amide bonds. The fourth-order valence-electron chi connectivity index (χ4n) is 4.51. The molecule has 0 aliphatic carbocycles. The maximum absolute atomic E-state index is 13.1. The third kappa shape index (κ3) is 5.07. The molecular formula is C27H27N5O3. The molecule has 4 aromatic rings. The summed E-state index contributed by atoms with van der Waals surface area (Å²) in [7, 11) is 0. The summed E-state index contributed by atoms with van der Waals surface area (Å²) < 4.78 is 7.89. The number of carbonyl (C=O) groups excluding carboxylic acids is 2. The topological polar surface area (TPSA) is 98.1 Å². The molecule has 1 aliphatic heterocycles. The highest BCUT2D eigenvalue weighted by Crippen LogP contribution is 2.28. The second kappa shape index (κ2) is 10.1. The SMILES string of the molecule is CC(=O)Nc1cc(C(=O)NCC2OCCc3ccccc32)cc2ncn(CCc3ccccn3)c12. The number of rotatable bonds is 7. The monoisotopic (exact) mass is 469 g/mol. The normalized spacial score (nSPS) is 14.9. The highest BCUT2D eigenvalue weighted by atomic mass is 16.5. The van der Waals surface area contributed by atoms with E-state index in [9.17, 15) is 9.59 Å². The van der Waals surface area contributed by atoms with Crippen LogP contribution >= 0.6 is 0 Å². The van der Waals surface area contributed by atoms with Crippen LogP contribution in [0.15, 0.2) is 67.1 Å².